The Hall–Kier alpha value is -3.00. The van der Waals surface area contributed by atoms with Crippen molar-refractivity contribution in [3.05, 3.63) is 71.1 Å². The lowest BCUT2D eigenvalue weighted by molar-refractivity contribution is 0.0929. The molecule has 0 saturated carbocycles. The quantitative estimate of drug-likeness (QED) is 0.603. The number of methoxy groups -OCH3 is 1. The van der Waals surface area contributed by atoms with Gasteiger partial charge in [0.05, 0.1) is 7.11 Å². The minimum Gasteiger partial charge on any atom is -0.497 e. The molecule has 1 aliphatic heterocycles. The van der Waals surface area contributed by atoms with Crippen LogP contribution in [0, 0.1) is 6.92 Å². The van der Waals surface area contributed by atoms with Gasteiger partial charge in [0.15, 0.2) is 0 Å². The summed E-state index contributed by atoms with van der Waals surface area (Å²) in [4.78, 5) is 15.2. The van der Waals surface area contributed by atoms with E-state index in [1.54, 1.807) is 19.2 Å². The highest BCUT2D eigenvalue weighted by Crippen LogP contribution is 2.24. The lowest BCUT2D eigenvalue weighted by atomic mass is 10.0. The van der Waals surface area contributed by atoms with Crippen molar-refractivity contribution in [1.82, 2.24) is 15.5 Å². The van der Waals surface area contributed by atoms with Gasteiger partial charge in [-0.3, -0.25) is 4.79 Å². The third-order valence-corrected chi connectivity index (χ3v) is 6.22. The Morgan fingerprint density at radius 1 is 1.19 bits per heavy atom. The molecular weight excluding hydrogens is 412 g/mol. The monoisotopic (exact) mass is 438 g/mol. The second-order valence-corrected chi connectivity index (χ2v) is 8.64. The molecule has 8 heteroatoms. The van der Waals surface area contributed by atoms with Crippen molar-refractivity contribution in [3.8, 4) is 5.75 Å². The van der Waals surface area contributed by atoms with Crippen molar-refractivity contribution in [2.24, 2.45) is 0 Å². The van der Waals surface area contributed by atoms with Gasteiger partial charge in [0, 0.05) is 36.6 Å². The van der Waals surface area contributed by atoms with E-state index >= 15 is 0 Å². The van der Waals surface area contributed by atoms with Crippen LogP contribution in [0.4, 0.5) is 6.01 Å². The molecule has 0 bridgehead atoms. The van der Waals surface area contributed by atoms with Gasteiger partial charge >= 0.3 is 6.01 Å². The maximum atomic E-state index is 13.1. The highest BCUT2D eigenvalue weighted by atomic mass is 32.2. The number of carbonyl (C=O) groups is 1. The second-order valence-electron chi connectivity index (χ2n) is 7.42. The first-order valence-corrected chi connectivity index (χ1v) is 11.4. The van der Waals surface area contributed by atoms with Crippen LogP contribution in [0.2, 0.25) is 0 Å². The van der Waals surface area contributed by atoms with Gasteiger partial charge in [-0.1, -0.05) is 35.4 Å². The molecule has 1 aliphatic rings. The van der Waals surface area contributed by atoms with Crippen LogP contribution in [0.3, 0.4) is 0 Å². The molecule has 1 atom stereocenters. The summed E-state index contributed by atoms with van der Waals surface area (Å²) in [5, 5.41) is 11.6. The van der Waals surface area contributed by atoms with Crippen molar-refractivity contribution < 1.29 is 13.9 Å². The van der Waals surface area contributed by atoms with Gasteiger partial charge in [-0.15, -0.1) is 5.10 Å². The fourth-order valence-electron chi connectivity index (χ4n) is 3.55. The average Bonchev–Trinajstić information content (AvgIpc) is 3.30. The van der Waals surface area contributed by atoms with Gasteiger partial charge in [-0.25, -0.2) is 0 Å². The normalized spacial score (nSPS) is 14.8. The van der Waals surface area contributed by atoms with E-state index in [4.69, 9.17) is 9.15 Å². The number of thioether (sulfide) groups is 1. The summed E-state index contributed by atoms with van der Waals surface area (Å²) in [5.41, 5.74) is 2.51. The molecule has 1 N–H and O–H groups in total. The number of hydrogen-bond donors (Lipinski definition) is 1. The zero-order valence-electron chi connectivity index (χ0n) is 17.7. The number of benzene rings is 2. The largest absolute Gasteiger partial charge is 0.497 e. The number of aryl methyl sites for hydroxylation is 1. The average molecular weight is 439 g/mol. The fraction of sp³-hybridized carbons (Fsp3) is 0.348. The molecule has 162 valence electrons. The molecular formula is C23H26N4O3S. The summed E-state index contributed by atoms with van der Waals surface area (Å²) in [6.45, 7) is 3.66. The molecule has 31 heavy (non-hydrogen) atoms. The number of ether oxygens (including phenoxy) is 1. The van der Waals surface area contributed by atoms with Crippen LogP contribution in [-0.4, -0.2) is 47.8 Å². The van der Waals surface area contributed by atoms with Gasteiger partial charge in [0.25, 0.3) is 5.91 Å². The Morgan fingerprint density at radius 3 is 2.68 bits per heavy atom. The maximum Gasteiger partial charge on any atom is 0.318 e. The molecule has 1 aromatic heterocycles. The molecule has 1 amide bonds. The predicted molar refractivity (Wildman–Crippen MR) is 122 cm³/mol. The van der Waals surface area contributed by atoms with E-state index in [9.17, 15) is 4.79 Å². The molecule has 1 fully saturated rings. The van der Waals surface area contributed by atoms with Crippen LogP contribution >= 0.6 is 11.8 Å². The maximum absolute atomic E-state index is 13.1. The summed E-state index contributed by atoms with van der Waals surface area (Å²) in [5.74, 6) is 3.03. The number of nitrogens with zero attached hydrogens (tertiary/aromatic N) is 3. The van der Waals surface area contributed by atoms with Crippen LogP contribution in [-0.2, 0) is 6.42 Å². The van der Waals surface area contributed by atoms with E-state index in [-0.39, 0.29) is 5.91 Å². The van der Waals surface area contributed by atoms with E-state index in [1.807, 2.05) is 55.1 Å². The summed E-state index contributed by atoms with van der Waals surface area (Å²) < 4.78 is 11.3. The highest BCUT2D eigenvalue weighted by molar-refractivity contribution is 7.99. The lowest BCUT2D eigenvalue weighted by Gasteiger charge is -2.24. The van der Waals surface area contributed by atoms with Gasteiger partial charge < -0.3 is 19.4 Å². The number of rotatable bonds is 7. The molecule has 7 nitrogen and oxygen atoms in total. The summed E-state index contributed by atoms with van der Waals surface area (Å²) in [6, 6.07) is 15.5. The van der Waals surface area contributed by atoms with Crippen LogP contribution in [0.1, 0.15) is 33.4 Å². The molecule has 3 aromatic rings. The number of aromatic nitrogens is 2. The smallest absolute Gasteiger partial charge is 0.318 e. The van der Waals surface area contributed by atoms with Gasteiger partial charge in [-0.2, -0.15) is 11.8 Å². The number of anilines is 1. The Bertz CT molecular complexity index is 1020. The minimum absolute atomic E-state index is 0.185. The van der Waals surface area contributed by atoms with E-state index in [2.05, 4.69) is 20.4 Å². The number of nitrogens with one attached hydrogen (secondary N) is 1. The van der Waals surface area contributed by atoms with Crippen molar-refractivity contribution in [2.75, 3.05) is 36.6 Å². The van der Waals surface area contributed by atoms with Crippen molar-refractivity contribution in [3.63, 3.8) is 0 Å². The van der Waals surface area contributed by atoms with E-state index in [1.165, 1.54) is 0 Å². The Balaban J connectivity index is 1.57. The Labute approximate surface area is 186 Å². The standard InChI is InChI=1S/C23H26N4O3S/c1-16-14-18(29-2)8-9-19(16)21(28)24-20(15-17-6-4-3-5-7-17)22-25-26-23(30-22)27-10-12-31-13-11-27/h3-9,14,20H,10-13,15H2,1-2H3,(H,24,28). The van der Waals surface area contributed by atoms with Crippen molar-refractivity contribution in [1.29, 1.82) is 0 Å². The first kappa shape index (κ1) is 21.2. The molecule has 1 unspecified atom stereocenters. The van der Waals surface area contributed by atoms with E-state index in [0.29, 0.717) is 23.9 Å². The minimum atomic E-state index is -0.434. The number of carbonyl (C=O) groups excluding carboxylic acids is 1. The van der Waals surface area contributed by atoms with Crippen LogP contribution in [0.25, 0.3) is 0 Å². The van der Waals surface area contributed by atoms with Gasteiger partial charge in [0.1, 0.15) is 11.8 Å². The van der Waals surface area contributed by atoms with Crippen LogP contribution in [0.5, 0.6) is 5.75 Å². The third-order valence-electron chi connectivity index (χ3n) is 5.28. The topological polar surface area (TPSA) is 80.5 Å². The SMILES string of the molecule is COc1ccc(C(=O)NC(Cc2ccccc2)c2nnc(N3CCSCC3)o2)c(C)c1. The van der Waals surface area contributed by atoms with Crippen molar-refractivity contribution in [2.45, 2.75) is 19.4 Å². The van der Waals surface area contributed by atoms with Gasteiger partial charge in [-0.05, 0) is 36.2 Å². The van der Waals surface area contributed by atoms with Gasteiger partial charge in [0.2, 0.25) is 5.89 Å². The zero-order valence-corrected chi connectivity index (χ0v) is 18.5. The molecule has 0 radical (unpaired) electrons. The van der Waals surface area contributed by atoms with E-state index < -0.39 is 6.04 Å². The lowest BCUT2D eigenvalue weighted by Crippen LogP contribution is -2.32. The molecule has 4 rings (SSSR count). The fourth-order valence-corrected chi connectivity index (χ4v) is 4.46. The first-order chi connectivity index (χ1) is 15.1. The molecule has 2 aromatic carbocycles. The molecule has 2 heterocycles. The Morgan fingerprint density at radius 2 is 1.97 bits per heavy atom. The zero-order chi connectivity index (χ0) is 21.6. The third kappa shape index (κ3) is 5.19. The molecule has 0 aliphatic carbocycles. The Kier molecular flexibility index (Phi) is 6.76. The number of hydrogen-bond acceptors (Lipinski definition) is 7. The second kappa shape index (κ2) is 9.87. The summed E-state index contributed by atoms with van der Waals surface area (Å²) in [6.07, 6.45) is 0.555. The van der Waals surface area contributed by atoms with E-state index in [0.717, 1.165) is 41.5 Å². The van der Waals surface area contributed by atoms with Crippen LogP contribution < -0.4 is 15.0 Å². The summed E-state index contributed by atoms with van der Waals surface area (Å²) in [7, 11) is 1.61. The highest BCUT2D eigenvalue weighted by Gasteiger charge is 2.25. The number of amides is 1. The predicted octanol–water partition coefficient (Wildman–Crippen LogP) is 3.65. The molecule has 1 saturated heterocycles. The first-order valence-electron chi connectivity index (χ1n) is 10.3. The van der Waals surface area contributed by atoms with Crippen molar-refractivity contribution >= 4 is 23.7 Å². The molecule has 0 spiro atoms. The summed E-state index contributed by atoms with van der Waals surface area (Å²) >= 11 is 1.92. The van der Waals surface area contributed by atoms with Crippen LogP contribution in [0.15, 0.2) is 52.9 Å².